The second-order valence-electron chi connectivity index (χ2n) is 11.5. The second-order valence-corrected chi connectivity index (χ2v) is 13.3. The monoisotopic (exact) mass is 494 g/mol. The second kappa shape index (κ2) is 8.07. The molecule has 35 heavy (non-hydrogen) atoms. The predicted molar refractivity (Wildman–Crippen MR) is 137 cm³/mol. The molecule has 6 rings (SSSR count). The van der Waals surface area contributed by atoms with Crippen LogP contribution in [-0.4, -0.2) is 32.2 Å². The fourth-order valence-electron chi connectivity index (χ4n) is 6.53. The Labute approximate surface area is 207 Å². The number of fused-ring (bicyclic) bond motifs is 2. The van der Waals surface area contributed by atoms with Gasteiger partial charge in [-0.25, -0.2) is 8.42 Å². The number of benzene rings is 2. The standard InChI is InChI=1S/C28H34N2O4S/c1-35(33,34)29-22-8-9-24-23(17-22)28(14-12-27(10-11-27)13-15-28)18-30(24)26(32)21-7-3-6-20(16-21)25(31)19-4-2-5-19/h3,6-9,16-17,19,25,29,31H,2,4-5,10-15,18H2,1H3/t25-/m1/s1. The van der Waals surface area contributed by atoms with Gasteiger partial charge < -0.3 is 10.0 Å². The molecule has 4 aliphatic rings. The Bertz CT molecular complexity index is 1270. The van der Waals surface area contributed by atoms with Crippen LogP contribution in [0.2, 0.25) is 0 Å². The van der Waals surface area contributed by atoms with Crippen LogP contribution in [0.25, 0.3) is 0 Å². The maximum atomic E-state index is 13.9. The molecule has 2 N–H and O–H groups in total. The van der Waals surface area contributed by atoms with Crippen LogP contribution in [0.1, 0.15) is 85.4 Å². The molecule has 3 saturated carbocycles. The van der Waals surface area contributed by atoms with Gasteiger partial charge in [-0.05, 0) is 104 Å². The summed E-state index contributed by atoms with van der Waals surface area (Å²) in [5.41, 5.74) is 4.30. The largest absolute Gasteiger partial charge is 0.388 e. The minimum absolute atomic E-state index is 0.0543. The first-order valence-electron chi connectivity index (χ1n) is 12.9. The van der Waals surface area contributed by atoms with Crippen molar-refractivity contribution < 1.29 is 18.3 Å². The molecule has 2 aromatic carbocycles. The maximum Gasteiger partial charge on any atom is 0.258 e. The fraction of sp³-hybridized carbons (Fsp3) is 0.536. The fourth-order valence-corrected chi connectivity index (χ4v) is 7.09. The molecule has 0 saturated heterocycles. The summed E-state index contributed by atoms with van der Waals surface area (Å²) < 4.78 is 26.4. The van der Waals surface area contributed by atoms with Gasteiger partial charge in [0.15, 0.2) is 0 Å². The number of carbonyl (C=O) groups excluding carboxylic acids is 1. The molecular weight excluding hydrogens is 460 g/mol. The third kappa shape index (κ3) is 4.16. The molecule has 0 bridgehead atoms. The zero-order chi connectivity index (χ0) is 24.4. The van der Waals surface area contributed by atoms with E-state index in [0.717, 1.165) is 55.2 Å². The number of nitrogens with one attached hydrogen (secondary N) is 1. The number of aliphatic hydroxyl groups excluding tert-OH is 1. The smallest absolute Gasteiger partial charge is 0.258 e. The Balaban J connectivity index is 1.34. The van der Waals surface area contributed by atoms with E-state index in [1.807, 2.05) is 41.3 Å². The zero-order valence-corrected chi connectivity index (χ0v) is 21.1. The molecule has 7 heteroatoms. The normalized spacial score (nSPS) is 23.1. The molecule has 0 unspecified atom stereocenters. The van der Waals surface area contributed by atoms with Gasteiger partial charge >= 0.3 is 0 Å². The summed E-state index contributed by atoms with van der Waals surface area (Å²) in [6.45, 7) is 0.620. The van der Waals surface area contributed by atoms with Crippen LogP contribution in [0.4, 0.5) is 11.4 Å². The van der Waals surface area contributed by atoms with Crippen LogP contribution < -0.4 is 9.62 Å². The van der Waals surface area contributed by atoms with E-state index in [0.29, 0.717) is 23.2 Å². The van der Waals surface area contributed by atoms with E-state index in [1.165, 1.54) is 25.7 Å². The summed E-state index contributed by atoms with van der Waals surface area (Å²) in [5.74, 6) is 0.232. The van der Waals surface area contributed by atoms with Crippen LogP contribution in [0, 0.1) is 11.3 Å². The Hall–Kier alpha value is -2.38. The highest BCUT2D eigenvalue weighted by Crippen LogP contribution is 2.62. The third-order valence-corrected chi connectivity index (χ3v) is 9.77. The van der Waals surface area contributed by atoms with E-state index < -0.39 is 16.1 Å². The highest BCUT2D eigenvalue weighted by atomic mass is 32.2. The van der Waals surface area contributed by atoms with E-state index >= 15 is 0 Å². The molecule has 3 aliphatic carbocycles. The highest BCUT2D eigenvalue weighted by Gasteiger charge is 2.53. The van der Waals surface area contributed by atoms with Crippen LogP contribution in [0.15, 0.2) is 42.5 Å². The highest BCUT2D eigenvalue weighted by molar-refractivity contribution is 7.92. The van der Waals surface area contributed by atoms with Gasteiger partial charge in [0.05, 0.1) is 12.4 Å². The summed E-state index contributed by atoms with van der Waals surface area (Å²) in [4.78, 5) is 15.7. The number of nitrogens with zero attached hydrogens (tertiary/aromatic N) is 1. The molecular formula is C28H34N2O4S. The molecule has 186 valence electrons. The van der Waals surface area contributed by atoms with E-state index in [-0.39, 0.29) is 17.2 Å². The van der Waals surface area contributed by atoms with E-state index in [4.69, 9.17) is 0 Å². The van der Waals surface area contributed by atoms with Crippen LogP contribution in [0.5, 0.6) is 0 Å². The molecule has 1 atom stereocenters. The topological polar surface area (TPSA) is 86.7 Å². The van der Waals surface area contributed by atoms with Crippen molar-refractivity contribution in [1.82, 2.24) is 0 Å². The summed E-state index contributed by atoms with van der Waals surface area (Å²) >= 11 is 0. The predicted octanol–water partition coefficient (Wildman–Crippen LogP) is 5.14. The summed E-state index contributed by atoms with van der Waals surface area (Å²) in [6.07, 6.45) is 10.9. The minimum Gasteiger partial charge on any atom is -0.388 e. The van der Waals surface area contributed by atoms with E-state index in [2.05, 4.69) is 4.72 Å². The molecule has 2 aromatic rings. The summed E-state index contributed by atoms with van der Waals surface area (Å²) in [5, 5.41) is 10.8. The van der Waals surface area contributed by atoms with Gasteiger partial charge in [-0.15, -0.1) is 0 Å². The Morgan fingerprint density at radius 3 is 2.40 bits per heavy atom. The van der Waals surface area contributed by atoms with Gasteiger partial charge in [0.1, 0.15) is 0 Å². The van der Waals surface area contributed by atoms with Crippen molar-refractivity contribution in [3.05, 3.63) is 59.2 Å². The van der Waals surface area contributed by atoms with Crippen molar-refractivity contribution in [2.24, 2.45) is 11.3 Å². The Morgan fingerprint density at radius 1 is 1.06 bits per heavy atom. The number of hydrogen-bond acceptors (Lipinski definition) is 4. The first-order valence-corrected chi connectivity index (χ1v) is 14.8. The average molecular weight is 495 g/mol. The quantitative estimate of drug-likeness (QED) is 0.602. The van der Waals surface area contributed by atoms with Gasteiger partial charge in [0.25, 0.3) is 5.91 Å². The lowest BCUT2D eigenvalue weighted by molar-refractivity contribution is 0.0620. The SMILES string of the molecule is CS(=O)(=O)Nc1ccc2c(c1)C1(CCC3(CC3)CC1)CN2C(=O)c1cccc([C@H](O)C2CCC2)c1. The van der Waals surface area contributed by atoms with Crippen molar-refractivity contribution >= 4 is 27.3 Å². The van der Waals surface area contributed by atoms with Crippen molar-refractivity contribution in [3.63, 3.8) is 0 Å². The van der Waals surface area contributed by atoms with E-state index in [1.54, 1.807) is 6.07 Å². The summed E-state index contributed by atoms with van der Waals surface area (Å²) in [7, 11) is -3.39. The van der Waals surface area contributed by atoms with Gasteiger partial charge in [0, 0.05) is 28.9 Å². The molecule has 6 nitrogen and oxygen atoms in total. The van der Waals surface area contributed by atoms with Crippen LogP contribution in [-0.2, 0) is 15.4 Å². The number of sulfonamides is 1. The molecule has 3 fully saturated rings. The van der Waals surface area contributed by atoms with Gasteiger partial charge in [-0.3, -0.25) is 9.52 Å². The molecule has 2 spiro atoms. The number of carbonyl (C=O) groups is 1. The number of aliphatic hydroxyl groups is 1. The third-order valence-electron chi connectivity index (χ3n) is 9.16. The van der Waals surface area contributed by atoms with Crippen molar-refractivity contribution in [2.45, 2.75) is 69.3 Å². The first kappa shape index (κ1) is 23.0. The number of rotatable bonds is 5. The Kier molecular flexibility index (Phi) is 5.31. The van der Waals surface area contributed by atoms with Gasteiger partial charge in [-0.2, -0.15) is 0 Å². The molecule has 1 heterocycles. The van der Waals surface area contributed by atoms with Crippen LogP contribution >= 0.6 is 0 Å². The zero-order valence-electron chi connectivity index (χ0n) is 20.3. The van der Waals surface area contributed by atoms with Crippen LogP contribution in [0.3, 0.4) is 0 Å². The first-order chi connectivity index (χ1) is 16.7. The minimum atomic E-state index is -3.39. The number of amides is 1. The lowest BCUT2D eigenvalue weighted by atomic mass is 9.66. The summed E-state index contributed by atoms with van der Waals surface area (Å²) in [6, 6.07) is 13.1. The molecule has 1 amide bonds. The number of hydrogen-bond donors (Lipinski definition) is 2. The van der Waals surface area contributed by atoms with E-state index in [9.17, 15) is 18.3 Å². The lowest BCUT2D eigenvalue weighted by Gasteiger charge is -2.38. The number of anilines is 2. The van der Waals surface area contributed by atoms with Crippen molar-refractivity contribution in [3.8, 4) is 0 Å². The van der Waals surface area contributed by atoms with Gasteiger partial charge in [-0.1, -0.05) is 18.6 Å². The van der Waals surface area contributed by atoms with Gasteiger partial charge in [0.2, 0.25) is 10.0 Å². The molecule has 0 radical (unpaired) electrons. The molecule has 0 aromatic heterocycles. The van der Waals surface area contributed by atoms with Crippen molar-refractivity contribution in [1.29, 1.82) is 0 Å². The van der Waals surface area contributed by atoms with Crippen molar-refractivity contribution in [2.75, 3.05) is 22.4 Å². The molecule has 1 aliphatic heterocycles. The average Bonchev–Trinajstić information content (AvgIpc) is 3.49. The maximum absolute atomic E-state index is 13.9. The lowest BCUT2D eigenvalue weighted by Crippen LogP contribution is -2.40. The Morgan fingerprint density at radius 2 is 1.77 bits per heavy atom.